The highest BCUT2D eigenvalue weighted by Crippen LogP contribution is 2.39. The summed E-state index contributed by atoms with van der Waals surface area (Å²) in [5, 5.41) is 1.31. The lowest BCUT2D eigenvalue weighted by Gasteiger charge is -2.14. The molecule has 1 saturated heterocycles. The van der Waals surface area contributed by atoms with E-state index in [0.717, 1.165) is 22.2 Å². The minimum atomic E-state index is -0.433. The van der Waals surface area contributed by atoms with E-state index >= 15 is 0 Å². The number of benzene rings is 3. The highest BCUT2D eigenvalue weighted by Gasteiger charge is 2.35. The van der Waals surface area contributed by atoms with Crippen LogP contribution < -0.4 is 4.74 Å². The predicted molar refractivity (Wildman–Crippen MR) is 143 cm³/mol. The van der Waals surface area contributed by atoms with Crippen LogP contribution in [0.3, 0.4) is 0 Å². The number of carbonyl (C=O) groups excluding carboxylic acids is 2. The minimum Gasteiger partial charge on any atom is -0.486 e. The Labute approximate surface area is 228 Å². The Hall–Kier alpha value is -1.67. The molecule has 1 aliphatic heterocycles. The molecule has 0 radical (unpaired) electrons. The Balaban J connectivity index is 1.53. The van der Waals surface area contributed by atoms with Gasteiger partial charge in [-0.25, -0.2) is 0 Å². The lowest BCUT2D eigenvalue weighted by atomic mass is 10.2. The summed E-state index contributed by atoms with van der Waals surface area (Å²) in [5.41, 5.74) is 1.96. The van der Waals surface area contributed by atoms with Crippen molar-refractivity contribution in [3.63, 3.8) is 0 Å². The van der Waals surface area contributed by atoms with Gasteiger partial charge in [0.2, 0.25) is 0 Å². The van der Waals surface area contributed by atoms with Gasteiger partial charge in [-0.15, -0.1) is 0 Å². The Morgan fingerprint density at radius 3 is 2.26 bits per heavy atom. The number of rotatable bonds is 6. The zero-order chi connectivity index (χ0) is 24.4. The van der Waals surface area contributed by atoms with E-state index in [1.54, 1.807) is 42.5 Å². The van der Waals surface area contributed by atoms with Gasteiger partial charge in [0.05, 0.1) is 20.9 Å². The minimum absolute atomic E-state index is 0.0141. The number of amides is 2. The fraction of sp³-hybridized carbons (Fsp3) is 0.0833. The molecule has 0 unspecified atom stereocenters. The van der Waals surface area contributed by atoms with Gasteiger partial charge >= 0.3 is 0 Å². The third kappa shape index (κ3) is 5.59. The van der Waals surface area contributed by atoms with E-state index in [1.807, 2.05) is 18.2 Å². The molecule has 0 aliphatic carbocycles. The third-order valence-electron chi connectivity index (χ3n) is 4.90. The van der Waals surface area contributed by atoms with Crippen LogP contribution in [-0.2, 0) is 17.9 Å². The topological polar surface area (TPSA) is 46.6 Å². The summed E-state index contributed by atoms with van der Waals surface area (Å²) in [4.78, 5) is 26.8. The van der Waals surface area contributed by atoms with Crippen molar-refractivity contribution < 1.29 is 14.3 Å². The average Bonchev–Trinajstić information content (AvgIpc) is 3.04. The van der Waals surface area contributed by atoms with Gasteiger partial charge in [0.1, 0.15) is 6.61 Å². The zero-order valence-electron chi connectivity index (χ0n) is 17.2. The maximum Gasteiger partial charge on any atom is 0.293 e. The second-order valence-electron chi connectivity index (χ2n) is 7.16. The molecular formula is C24H14BrCl4NO3S. The van der Waals surface area contributed by atoms with Gasteiger partial charge in [0, 0.05) is 26.2 Å². The first-order chi connectivity index (χ1) is 16.2. The number of halogens is 5. The molecule has 0 saturated carbocycles. The van der Waals surface area contributed by atoms with Gasteiger partial charge in [0.15, 0.2) is 5.75 Å². The standard InChI is InChI=1S/C24H14BrCl4NO3S/c25-16-8-13(9-20(29)22(16)33-12-14-4-1-2-5-17(14)26)10-21-23(31)30(24(32)34-21)11-15-18(27)6-3-7-19(15)28/h1-10H,11-12H2/b21-10-. The lowest BCUT2D eigenvalue weighted by molar-refractivity contribution is -0.123. The molecule has 4 nitrogen and oxygen atoms in total. The monoisotopic (exact) mass is 615 g/mol. The second kappa shape index (κ2) is 10.9. The first-order valence-corrected chi connectivity index (χ1v) is 12.9. The van der Waals surface area contributed by atoms with Gasteiger partial charge in [-0.3, -0.25) is 14.5 Å². The van der Waals surface area contributed by atoms with Crippen molar-refractivity contribution in [3.05, 3.63) is 101 Å². The van der Waals surface area contributed by atoms with Gasteiger partial charge in [-0.2, -0.15) is 0 Å². The third-order valence-corrected chi connectivity index (χ3v) is 7.75. The molecule has 2 amide bonds. The SMILES string of the molecule is O=C1S/C(=C\c2cc(Cl)c(OCc3ccccc3Cl)c(Br)c2)C(=O)N1Cc1c(Cl)cccc1Cl. The number of nitrogens with zero attached hydrogens (tertiary/aromatic N) is 1. The van der Waals surface area contributed by atoms with Crippen LogP contribution in [0.5, 0.6) is 5.75 Å². The Morgan fingerprint density at radius 2 is 1.59 bits per heavy atom. The second-order valence-corrected chi connectivity index (χ2v) is 10.6. The molecule has 174 valence electrons. The maximum atomic E-state index is 12.9. The zero-order valence-corrected chi connectivity index (χ0v) is 22.6. The molecule has 0 aromatic heterocycles. The summed E-state index contributed by atoms with van der Waals surface area (Å²) in [5.74, 6) is 0.0116. The number of carbonyl (C=O) groups is 2. The van der Waals surface area contributed by atoms with Gasteiger partial charge in [0.25, 0.3) is 11.1 Å². The van der Waals surface area contributed by atoms with Gasteiger partial charge in [-0.1, -0.05) is 70.7 Å². The van der Waals surface area contributed by atoms with Crippen molar-refractivity contribution >= 4 is 91.3 Å². The van der Waals surface area contributed by atoms with E-state index in [0.29, 0.717) is 41.4 Å². The molecule has 10 heteroatoms. The molecule has 0 atom stereocenters. The number of thioether (sulfide) groups is 1. The average molecular weight is 618 g/mol. The van der Waals surface area contributed by atoms with Crippen LogP contribution >= 0.6 is 74.1 Å². The summed E-state index contributed by atoms with van der Waals surface area (Å²) >= 11 is 29.3. The van der Waals surface area contributed by atoms with Crippen molar-refractivity contribution in [2.75, 3.05) is 0 Å². The maximum absolute atomic E-state index is 12.9. The van der Waals surface area contributed by atoms with Crippen LogP contribution in [0.25, 0.3) is 6.08 Å². The molecule has 1 heterocycles. The first kappa shape index (κ1) is 25.4. The van der Waals surface area contributed by atoms with Crippen LogP contribution in [0, 0.1) is 0 Å². The molecule has 0 N–H and O–H groups in total. The normalized spacial score (nSPS) is 14.9. The summed E-state index contributed by atoms with van der Waals surface area (Å²) in [7, 11) is 0. The largest absolute Gasteiger partial charge is 0.486 e. The molecule has 1 aliphatic rings. The highest BCUT2D eigenvalue weighted by atomic mass is 79.9. The Morgan fingerprint density at radius 1 is 0.912 bits per heavy atom. The predicted octanol–water partition coefficient (Wildman–Crippen LogP) is 8.88. The van der Waals surface area contributed by atoms with E-state index in [-0.39, 0.29) is 18.1 Å². The Bertz CT molecular complexity index is 1290. The van der Waals surface area contributed by atoms with Crippen LogP contribution in [0.4, 0.5) is 4.79 Å². The van der Waals surface area contributed by atoms with Crippen LogP contribution in [-0.4, -0.2) is 16.0 Å². The van der Waals surface area contributed by atoms with Gasteiger partial charge in [-0.05, 0) is 69.7 Å². The van der Waals surface area contributed by atoms with Gasteiger partial charge < -0.3 is 4.74 Å². The van der Waals surface area contributed by atoms with Crippen LogP contribution in [0.15, 0.2) is 64.0 Å². The molecule has 34 heavy (non-hydrogen) atoms. The van der Waals surface area contributed by atoms with Crippen molar-refractivity contribution in [1.82, 2.24) is 4.90 Å². The van der Waals surface area contributed by atoms with Crippen LogP contribution in [0.2, 0.25) is 20.1 Å². The molecule has 3 aromatic carbocycles. The van der Waals surface area contributed by atoms with Crippen molar-refractivity contribution in [3.8, 4) is 5.75 Å². The van der Waals surface area contributed by atoms with E-state index in [4.69, 9.17) is 51.1 Å². The van der Waals surface area contributed by atoms with Crippen molar-refractivity contribution in [1.29, 1.82) is 0 Å². The molecule has 1 fully saturated rings. The first-order valence-electron chi connectivity index (χ1n) is 9.78. The van der Waals surface area contributed by atoms with E-state index in [9.17, 15) is 9.59 Å². The summed E-state index contributed by atoms with van der Waals surface area (Å²) in [6.45, 7) is 0.223. The quantitative estimate of drug-likeness (QED) is 0.259. The smallest absolute Gasteiger partial charge is 0.293 e. The lowest BCUT2D eigenvalue weighted by Crippen LogP contribution is -2.27. The number of hydrogen-bond donors (Lipinski definition) is 0. The van der Waals surface area contributed by atoms with E-state index < -0.39 is 11.1 Å². The van der Waals surface area contributed by atoms with Crippen molar-refractivity contribution in [2.24, 2.45) is 0 Å². The molecule has 3 aromatic rings. The molecule has 4 rings (SSSR count). The fourth-order valence-electron chi connectivity index (χ4n) is 3.20. The number of imide groups is 1. The van der Waals surface area contributed by atoms with E-state index in [1.165, 1.54) is 0 Å². The molecule has 0 spiro atoms. The summed E-state index contributed by atoms with van der Waals surface area (Å²) in [6.07, 6.45) is 1.60. The van der Waals surface area contributed by atoms with E-state index in [2.05, 4.69) is 15.9 Å². The number of ether oxygens (including phenoxy) is 1. The number of hydrogen-bond acceptors (Lipinski definition) is 4. The fourth-order valence-corrected chi connectivity index (χ4v) is 5.73. The highest BCUT2D eigenvalue weighted by molar-refractivity contribution is 9.10. The van der Waals surface area contributed by atoms with Crippen LogP contribution in [0.1, 0.15) is 16.7 Å². The Kier molecular flexibility index (Phi) is 8.18. The molecular weight excluding hydrogens is 604 g/mol. The summed E-state index contributed by atoms with van der Waals surface area (Å²) in [6, 6.07) is 15.8. The van der Waals surface area contributed by atoms with Crippen molar-refractivity contribution in [2.45, 2.75) is 13.2 Å². The summed E-state index contributed by atoms with van der Waals surface area (Å²) < 4.78 is 6.46. The molecule has 0 bridgehead atoms.